The van der Waals surface area contributed by atoms with Crippen molar-refractivity contribution in [1.82, 2.24) is 0 Å². The Morgan fingerprint density at radius 1 is 1.42 bits per heavy atom. The zero-order valence-corrected chi connectivity index (χ0v) is 6.38. The van der Waals surface area contributed by atoms with E-state index in [-0.39, 0.29) is 11.5 Å². The largest absolute Gasteiger partial charge is 0.493 e. The SMILES string of the molecule is COc1c[c]ccc1OC(F)F. The predicted molar refractivity (Wildman–Crippen MR) is 38.5 cm³/mol. The summed E-state index contributed by atoms with van der Waals surface area (Å²) < 4.78 is 32.4. The first-order valence-electron chi connectivity index (χ1n) is 3.23. The lowest BCUT2D eigenvalue weighted by Gasteiger charge is -2.07. The van der Waals surface area contributed by atoms with Crippen LogP contribution < -0.4 is 9.47 Å². The van der Waals surface area contributed by atoms with E-state index in [0.29, 0.717) is 0 Å². The number of hydrogen-bond donors (Lipinski definition) is 0. The zero-order valence-electron chi connectivity index (χ0n) is 6.38. The number of rotatable bonds is 3. The maximum absolute atomic E-state index is 11.7. The van der Waals surface area contributed by atoms with E-state index >= 15 is 0 Å². The molecular weight excluding hydrogens is 166 g/mol. The van der Waals surface area contributed by atoms with Gasteiger partial charge in [-0.2, -0.15) is 8.78 Å². The fourth-order valence-electron chi connectivity index (χ4n) is 0.754. The van der Waals surface area contributed by atoms with Gasteiger partial charge in [-0.25, -0.2) is 0 Å². The maximum Gasteiger partial charge on any atom is 0.387 e. The number of methoxy groups -OCH3 is 1. The van der Waals surface area contributed by atoms with Crippen molar-refractivity contribution in [3.8, 4) is 11.5 Å². The maximum atomic E-state index is 11.7. The average molecular weight is 173 g/mol. The summed E-state index contributed by atoms with van der Waals surface area (Å²) in [5, 5.41) is 0. The minimum Gasteiger partial charge on any atom is -0.493 e. The molecule has 12 heavy (non-hydrogen) atoms. The van der Waals surface area contributed by atoms with Crippen LogP contribution in [0, 0.1) is 6.07 Å². The van der Waals surface area contributed by atoms with Crippen LogP contribution in [-0.2, 0) is 0 Å². The van der Waals surface area contributed by atoms with Crippen LogP contribution in [-0.4, -0.2) is 13.7 Å². The molecule has 0 bridgehead atoms. The van der Waals surface area contributed by atoms with Crippen LogP contribution in [0.25, 0.3) is 0 Å². The van der Waals surface area contributed by atoms with Gasteiger partial charge in [0.05, 0.1) is 7.11 Å². The van der Waals surface area contributed by atoms with Gasteiger partial charge in [-0.15, -0.1) is 0 Å². The van der Waals surface area contributed by atoms with Crippen LogP contribution in [0.4, 0.5) is 8.78 Å². The monoisotopic (exact) mass is 173 g/mol. The van der Waals surface area contributed by atoms with E-state index in [1.807, 2.05) is 0 Å². The molecule has 2 nitrogen and oxygen atoms in total. The van der Waals surface area contributed by atoms with Gasteiger partial charge < -0.3 is 9.47 Å². The van der Waals surface area contributed by atoms with Crippen LogP contribution in [0.3, 0.4) is 0 Å². The molecule has 0 fully saturated rings. The standard InChI is InChI=1S/C8H7F2O2/c1-11-6-4-2-3-5-7(6)12-8(9)10/h3-5,8H,1H3. The Bertz CT molecular complexity index is 251. The summed E-state index contributed by atoms with van der Waals surface area (Å²) in [5.41, 5.74) is 0. The molecule has 1 aromatic carbocycles. The molecule has 0 aliphatic carbocycles. The number of alkyl halides is 2. The molecule has 1 aromatic rings. The van der Waals surface area contributed by atoms with Gasteiger partial charge in [0.1, 0.15) is 0 Å². The molecule has 0 saturated carbocycles. The molecule has 0 spiro atoms. The number of ether oxygens (including phenoxy) is 2. The molecule has 1 radical (unpaired) electrons. The molecule has 0 atom stereocenters. The number of hydrogen-bond acceptors (Lipinski definition) is 2. The first-order chi connectivity index (χ1) is 5.74. The van der Waals surface area contributed by atoms with Crippen molar-refractivity contribution < 1.29 is 18.3 Å². The molecular formula is C8H7F2O2. The third kappa shape index (κ3) is 2.08. The highest BCUT2D eigenvalue weighted by Crippen LogP contribution is 2.26. The molecule has 0 aliphatic heterocycles. The fourth-order valence-corrected chi connectivity index (χ4v) is 0.754. The van der Waals surface area contributed by atoms with E-state index in [1.54, 1.807) is 0 Å². The van der Waals surface area contributed by atoms with Crippen molar-refractivity contribution in [1.29, 1.82) is 0 Å². The minimum absolute atomic E-state index is 0.0197. The van der Waals surface area contributed by atoms with E-state index in [4.69, 9.17) is 4.74 Å². The van der Waals surface area contributed by atoms with Crippen LogP contribution >= 0.6 is 0 Å². The van der Waals surface area contributed by atoms with Crippen molar-refractivity contribution in [2.75, 3.05) is 7.11 Å². The fraction of sp³-hybridized carbons (Fsp3) is 0.250. The third-order valence-electron chi connectivity index (χ3n) is 1.22. The molecule has 4 heteroatoms. The Balaban J connectivity index is 2.82. The normalized spacial score (nSPS) is 10.0. The lowest BCUT2D eigenvalue weighted by atomic mass is 10.3. The van der Waals surface area contributed by atoms with Crippen molar-refractivity contribution in [2.45, 2.75) is 6.61 Å². The molecule has 0 aliphatic rings. The minimum atomic E-state index is -2.83. The second-order valence-electron chi connectivity index (χ2n) is 1.96. The second-order valence-corrected chi connectivity index (χ2v) is 1.96. The van der Waals surface area contributed by atoms with Crippen LogP contribution in [0.2, 0.25) is 0 Å². The van der Waals surface area contributed by atoms with E-state index in [9.17, 15) is 8.78 Å². The summed E-state index contributed by atoms with van der Waals surface area (Å²) >= 11 is 0. The van der Waals surface area contributed by atoms with Gasteiger partial charge >= 0.3 is 6.61 Å². The smallest absolute Gasteiger partial charge is 0.387 e. The third-order valence-corrected chi connectivity index (χ3v) is 1.22. The Hall–Kier alpha value is -1.32. The van der Waals surface area contributed by atoms with Crippen LogP contribution in [0.1, 0.15) is 0 Å². The Morgan fingerprint density at radius 3 is 2.75 bits per heavy atom. The van der Waals surface area contributed by atoms with E-state index in [1.165, 1.54) is 25.3 Å². The van der Waals surface area contributed by atoms with Crippen molar-refractivity contribution in [3.63, 3.8) is 0 Å². The lowest BCUT2D eigenvalue weighted by Crippen LogP contribution is -2.03. The van der Waals surface area contributed by atoms with Gasteiger partial charge in [-0.3, -0.25) is 0 Å². The van der Waals surface area contributed by atoms with E-state index in [2.05, 4.69) is 10.8 Å². The Morgan fingerprint density at radius 2 is 2.17 bits per heavy atom. The molecule has 0 N–H and O–H groups in total. The summed E-state index contributed by atoms with van der Waals surface area (Å²) in [6.07, 6.45) is 0. The summed E-state index contributed by atoms with van der Waals surface area (Å²) in [6, 6.07) is 6.94. The molecule has 0 amide bonds. The quantitative estimate of drug-likeness (QED) is 0.696. The van der Waals surface area contributed by atoms with Crippen molar-refractivity contribution >= 4 is 0 Å². The predicted octanol–water partition coefficient (Wildman–Crippen LogP) is 2.10. The molecule has 0 unspecified atom stereocenters. The molecule has 0 heterocycles. The van der Waals surface area contributed by atoms with E-state index < -0.39 is 6.61 Å². The number of benzene rings is 1. The topological polar surface area (TPSA) is 18.5 Å². The second kappa shape index (κ2) is 3.90. The van der Waals surface area contributed by atoms with Crippen molar-refractivity contribution in [3.05, 3.63) is 24.3 Å². The summed E-state index contributed by atoms with van der Waals surface area (Å²) in [6.45, 7) is -2.83. The van der Waals surface area contributed by atoms with Gasteiger partial charge in [0.25, 0.3) is 0 Å². The summed E-state index contributed by atoms with van der Waals surface area (Å²) in [4.78, 5) is 0. The van der Waals surface area contributed by atoms with Gasteiger partial charge in [-0.05, 0) is 18.2 Å². The summed E-state index contributed by atoms with van der Waals surface area (Å²) in [5.74, 6) is 0.268. The molecule has 1 rings (SSSR count). The number of halogens is 2. The molecule has 0 aromatic heterocycles. The first kappa shape index (κ1) is 8.77. The summed E-state index contributed by atoms with van der Waals surface area (Å²) in [7, 11) is 1.38. The van der Waals surface area contributed by atoms with Gasteiger partial charge in [0, 0.05) is 0 Å². The highest BCUT2D eigenvalue weighted by atomic mass is 19.3. The first-order valence-corrected chi connectivity index (χ1v) is 3.23. The lowest BCUT2D eigenvalue weighted by molar-refractivity contribution is -0.0512. The average Bonchev–Trinajstić information content (AvgIpc) is 2.04. The highest BCUT2D eigenvalue weighted by molar-refractivity contribution is 5.38. The van der Waals surface area contributed by atoms with Crippen LogP contribution in [0.5, 0.6) is 11.5 Å². The van der Waals surface area contributed by atoms with Crippen molar-refractivity contribution in [2.24, 2.45) is 0 Å². The Labute approximate surface area is 68.7 Å². The zero-order chi connectivity index (χ0) is 8.97. The highest BCUT2D eigenvalue weighted by Gasteiger charge is 2.08. The molecule has 0 saturated heterocycles. The van der Waals surface area contributed by atoms with Gasteiger partial charge in [0.2, 0.25) is 0 Å². The van der Waals surface area contributed by atoms with Gasteiger partial charge in [0.15, 0.2) is 11.5 Å². The molecule has 65 valence electrons. The Kier molecular flexibility index (Phi) is 2.85. The van der Waals surface area contributed by atoms with Gasteiger partial charge in [-0.1, -0.05) is 6.07 Å². The van der Waals surface area contributed by atoms with E-state index in [0.717, 1.165) is 0 Å². The van der Waals surface area contributed by atoms with Crippen LogP contribution in [0.15, 0.2) is 18.2 Å².